The number of carboxylic acids is 1. The first kappa shape index (κ1) is 19.9. The second-order valence-electron chi connectivity index (χ2n) is 7.15. The van der Waals surface area contributed by atoms with Gasteiger partial charge >= 0.3 is 12.0 Å². The first-order valence-corrected chi connectivity index (χ1v) is 9.58. The van der Waals surface area contributed by atoms with Gasteiger partial charge in [0.15, 0.2) is 0 Å². The fourth-order valence-corrected chi connectivity index (χ4v) is 3.52. The van der Waals surface area contributed by atoms with Crippen molar-refractivity contribution in [3.8, 4) is 0 Å². The van der Waals surface area contributed by atoms with Crippen LogP contribution in [0.15, 0.2) is 42.6 Å². The van der Waals surface area contributed by atoms with Crippen molar-refractivity contribution in [1.29, 1.82) is 0 Å². The summed E-state index contributed by atoms with van der Waals surface area (Å²) in [6, 6.07) is 11.9. The van der Waals surface area contributed by atoms with Crippen LogP contribution in [0, 0.1) is 0 Å². The molecule has 1 aliphatic carbocycles. The van der Waals surface area contributed by atoms with Gasteiger partial charge in [-0.3, -0.25) is 14.8 Å². The topological polar surface area (TPSA) is 102 Å². The van der Waals surface area contributed by atoms with Gasteiger partial charge in [0, 0.05) is 24.8 Å². The minimum absolute atomic E-state index is 0.0434. The Balaban J connectivity index is 1.56. The third-order valence-corrected chi connectivity index (χ3v) is 5.12. The number of aliphatic carboxylic acids is 1. The van der Waals surface area contributed by atoms with Gasteiger partial charge in [-0.1, -0.05) is 37.3 Å². The smallest absolute Gasteiger partial charge is 0.318 e. The van der Waals surface area contributed by atoms with Crippen molar-refractivity contribution < 1.29 is 14.7 Å². The third kappa shape index (κ3) is 5.32. The van der Waals surface area contributed by atoms with E-state index in [0.717, 1.165) is 24.1 Å². The number of aromatic nitrogens is 2. The molecule has 0 saturated heterocycles. The first-order valence-electron chi connectivity index (χ1n) is 9.58. The number of carboxylic acid groups (broad SMARTS) is 1. The molecule has 0 radical (unpaired) electrons. The third-order valence-electron chi connectivity index (χ3n) is 5.12. The number of urea groups is 1. The standard InChI is InChI=1S/C20H27N5O3/c1-2-24(14-19(26)27)18-10-17(11-18)22-20(28)25(13-16-8-9-21-23-16)12-15-6-4-3-5-7-15/h3-9,17-18H,2,10-14H2,1H3,(H,21,23)(H,22,28)(H,26,27). The number of likely N-dealkylation sites (N-methyl/N-ethyl adjacent to an activating group) is 1. The molecule has 2 amide bonds. The van der Waals surface area contributed by atoms with Crippen molar-refractivity contribution in [2.75, 3.05) is 13.1 Å². The van der Waals surface area contributed by atoms with E-state index in [1.54, 1.807) is 11.1 Å². The van der Waals surface area contributed by atoms with E-state index < -0.39 is 5.97 Å². The molecule has 1 aliphatic rings. The lowest BCUT2D eigenvalue weighted by molar-refractivity contribution is -0.139. The Bertz CT molecular complexity index is 759. The molecule has 8 nitrogen and oxygen atoms in total. The highest BCUT2D eigenvalue weighted by Crippen LogP contribution is 2.26. The molecule has 0 atom stereocenters. The summed E-state index contributed by atoms with van der Waals surface area (Å²) in [5.74, 6) is -0.817. The summed E-state index contributed by atoms with van der Waals surface area (Å²) >= 11 is 0. The SMILES string of the molecule is CCN(CC(=O)O)C1CC(NC(=O)N(Cc2ccccc2)Cc2ccn[nH]2)C1. The molecule has 8 heteroatoms. The minimum atomic E-state index is -0.817. The van der Waals surface area contributed by atoms with Crippen LogP contribution in [0.2, 0.25) is 0 Å². The van der Waals surface area contributed by atoms with Gasteiger partial charge in [0.1, 0.15) is 0 Å². The van der Waals surface area contributed by atoms with Crippen LogP contribution in [0.25, 0.3) is 0 Å². The summed E-state index contributed by atoms with van der Waals surface area (Å²) in [4.78, 5) is 27.5. The van der Waals surface area contributed by atoms with E-state index >= 15 is 0 Å². The number of amides is 2. The number of benzene rings is 1. The molecule has 0 unspecified atom stereocenters. The average Bonchev–Trinajstić information content (AvgIpc) is 3.16. The lowest BCUT2D eigenvalue weighted by Gasteiger charge is -2.42. The fourth-order valence-electron chi connectivity index (χ4n) is 3.52. The van der Waals surface area contributed by atoms with Gasteiger partial charge in [-0.15, -0.1) is 0 Å². The van der Waals surface area contributed by atoms with Gasteiger partial charge in [-0.05, 0) is 31.0 Å². The second-order valence-corrected chi connectivity index (χ2v) is 7.15. The first-order chi connectivity index (χ1) is 13.5. The number of rotatable bonds is 9. The molecule has 150 valence electrons. The molecule has 2 aromatic rings. The quantitative estimate of drug-likeness (QED) is 0.613. The number of carbonyl (C=O) groups excluding carboxylic acids is 1. The largest absolute Gasteiger partial charge is 0.480 e. The monoisotopic (exact) mass is 385 g/mol. The number of hydrogen-bond donors (Lipinski definition) is 3. The maximum absolute atomic E-state index is 12.9. The van der Waals surface area contributed by atoms with Crippen LogP contribution < -0.4 is 5.32 Å². The molecular weight excluding hydrogens is 358 g/mol. The maximum Gasteiger partial charge on any atom is 0.318 e. The van der Waals surface area contributed by atoms with Crippen molar-refractivity contribution in [3.63, 3.8) is 0 Å². The zero-order chi connectivity index (χ0) is 19.9. The molecule has 3 rings (SSSR count). The van der Waals surface area contributed by atoms with E-state index in [4.69, 9.17) is 5.11 Å². The van der Waals surface area contributed by atoms with Gasteiger partial charge < -0.3 is 15.3 Å². The Kier molecular flexibility index (Phi) is 6.65. The maximum atomic E-state index is 12.9. The Labute approximate surface area is 164 Å². The summed E-state index contributed by atoms with van der Waals surface area (Å²) in [5.41, 5.74) is 1.93. The van der Waals surface area contributed by atoms with Gasteiger partial charge in [0.05, 0.1) is 18.8 Å². The molecule has 1 aromatic heterocycles. The van der Waals surface area contributed by atoms with Crippen LogP contribution >= 0.6 is 0 Å². The highest BCUT2D eigenvalue weighted by atomic mass is 16.4. The summed E-state index contributed by atoms with van der Waals surface area (Å²) < 4.78 is 0. The molecule has 28 heavy (non-hydrogen) atoms. The number of nitrogens with one attached hydrogen (secondary N) is 2. The van der Waals surface area contributed by atoms with Gasteiger partial charge in [-0.2, -0.15) is 5.10 Å². The zero-order valence-corrected chi connectivity index (χ0v) is 16.0. The summed E-state index contributed by atoms with van der Waals surface area (Å²) in [7, 11) is 0. The van der Waals surface area contributed by atoms with Gasteiger partial charge in [0.25, 0.3) is 0 Å². The van der Waals surface area contributed by atoms with Crippen molar-refractivity contribution in [2.24, 2.45) is 0 Å². The van der Waals surface area contributed by atoms with Crippen LogP contribution in [-0.4, -0.2) is 62.3 Å². The van der Waals surface area contributed by atoms with E-state index in [0.29, 0.717) is 19.6 Å². The highest BCUT2D eigenvalue weighted by Gasteiger charge is 2.35. The molecule has 1 fully saturated rings. The van der Waals surface area contributed by atoms with E-state index in [1.165, 1.54) is 0 Å². The van der Waals surface area contributed by atoms with Gasteiger partial charge in [-0.25, -0.2) is 4.79 Å². The zero-order valence-electron chi connectivity index (χ0n) is 16.0. The fraction of sp³-hybridized carbons (Fsp3) is 0.450. The van der Waals surface area contributed by atoms with Crippen LogP contribution in [0.5, 0.6) is 0 Å². The van der Waals surface area contributed by atoms with Crippen molar-refractivity contribution in [3.05, 3.63) is 53.9 Å². The highest BCUT2D eigenvalue weighted by molar-refractivity contribution is 5.74. The lowest BCUT2D eigenvalue weighted by atomic mass is 9.85. The van der Waals surface area contributed by atoms with Crippen molar-refractivity contribution in [1.82, 2.24) is 25.3 Å². The second kappa shape index (κ2) is 9.36. The van der Waals surface area contributed by atoms with Crippen LogP contribution in [0.3, 0.4) is 0 Å². The average molecular weight is 385 g/mol. The number of hydrogen-bond acceptors (Lipinski definition) is 4. The summed E-state index contributed by atoms with van der Waals surface area (Å²) in [6.07, 6.45) is 3.22. The molecule has 1 saturated carbocycles. The number of H-pyrrole nitrogens is 1. The lowest BCUT2D eigenvalue weighted by Crippen LogP contribution is -2.56. The molecule has 3 N–H and O–H groups in total. The Morgan fingerprint density at radius 3 is 2.57 bits per heavy atom. The molecule has 1 heterocycles. The molecular formula is C20H27N5O3. The van der Waals surface area contributed by atoms with E-state index in [1.807, 2.05) is 48.2 Å². The summed E-state index contributed by atoms with van der Waals surface area (Å²) in [5, 5.41) is 19.0. The van der Waals surface area contributed by atoms with Gasteiger partial charge in [0.2, 0.25) is 0 Å². The molecule has 0 bridgehead atoms. The number of aromatic amines is 1. The van der Waals surface area contributed by atoms with Crippen LogP contribution in [0.4, 0.5) is 4.79 Å². The Hall–Kier alpha value is -2.87. The van der Waals surface area contributed by atoms with Crippen LogP contribution in [-0.2, 0) is 17.9 Å². The van der Waals surface area contributed by atoms with Crippen molar-refractivity contribution in [2.45, 2.75) is 44.9 Å². The molecule has 0 spiro atoms. The summed E-state index contributed by atoms with van der Waals surface area (Å²) in [6.45, 7) is 3.64. The van der Waals surface area contributed by atoms with E-state index in [2.05, 4.69) is 15.5 Å². The number of carbonyl (C=O) groups is 2. The van der Waals surface area contributed by atoms with E-state index in [-0.39, 0.29) is 24.7 Å². The predicted octanol–water partition coefficient (Wildman–Crippen LogP) is 2.06. The van der Waals surface area contributed by atoms with Crippen LogP contribution in [0.1, 0.15) is 31.0 Å². The predicted molar refractivity (Wildman–Crippen MR) is 105 cm³/mol. The number of nitrogens with zero attached hydrogens (tertiary/aromatic N) is 3. The minimum Gasteiger partial charge on any atom is -0.480 e. The van der Waals surface area contributed by atoms with E-state index in [9.17, 15) is 9.59 Å². The molecule has 1 aromatic carbocycles. The Morgan fingerprint density at radius 1 is 1.21 bits per heavy atom. The van der Waals surface area contributed by atoms with Crippen molar-refractivity contribution >= 4 is 12.0 Å². The normalized spacial score (nSPS) is 18.5. The molecule has 0 aliphatic heterocycles. The Morgan fingerprint density at radius 2 is 1.96 bits per heavy atom.